The molecule has 7 heteroatoms. The summed E-state index contributed by atoms with van der Waals surface area (Å²) in [6.45, 7) is 8.62. The molecule has 0 heterocycles. The van der Waals surface area contributed by atoms with E-state index < -0.39 is 4.92 Å². The first kappa shape index (κ1) is 22.4. The number of carbonyl (C=O) groups excluding carboxylic acids is 1. The molecule has 2 rings (SSSR count). The van der Waals surface area contributed by atoms with Crippen molar-refractivity contribution in [3.63, 3.8) is 0 Å². The molecule has 1 amide bonds. The second kappa shape index (κ2) is 10.0. The summed E-state index contributed by atoms with van der Waals surface area (Å²) in [6, 6.07) is 12.6. The lowest BCUT2D eigenvalue weighted by atomic mass is 9.93. The van der Waals surface area contributed by atoms with Crippen molar-refractivity contribution in [2.45, 2.75) is 39.7 Å². The van der Waals surface area contributed by atoms with E-state index >= 15 is 0 Å². The predicted octanol–water partition coefficient (Wildman–Crippen LogP) is 4.65. The van der Waals surface area contributed by atoms with Gasteiger partial charge in [0.25, 0.3) is 5.69 Å². The zero-order valence-corrected chi connectivity index (χ0v) is 17.6. The fourth-order valence-corrected chi connectivity index (χ4v) is 3.12. The number of anilines is 1. The lowest BCUT2D eigenvalue weighted by Gasteiger charge is -2.23. The average molecular weight is 399 g/mol. The molecule has 2 N–H and O–H groups in total. The average Bonchev–Trinajstić information content (AvgIpc) is 2.68. The van der Waals surface area contributed by atoms with Gasteiger partial charge in [0, 0.05) is 12.1 Å². The van der Waals surface area contributed by atoms with Crippen molar-refractivity contribution < 1.29 is 14.5 Å². The summed E-state index contributed by atoms with van der Waals surface area (Å²) >= 11 is 0. The molecular formula is C22H29N3O4. The molecule has 2 aromatic carbocycles. The number of hydrogen-bond acceptors (Lipinski definition) is 5. The first-order chi connectivity index (χ1) is 13.7. The Balaban J connectivity index is 2.05. The van der Waals surface area contributed by atoms with Crippen LogP contribution < -0.4 is 15.4 Å². The smallest absolute Gasteiger partial charge is 0.273 e. The van der Waals surface area contributed by atoms with Crippen molar-refractivity contribution in [2.75, 3.05) is 19.0 Å². The fraction of sp³-hybridized carbons (Fsp3) is 0.409. The van der Waals surface area contributed by atoms with E-state index in [1.165, 1.54) is 30.9 Å². The molecule has 0 radical (unpaired) electrons. The van der Waals surface area contributed by atoms with E-state index in [1.54, 1.807) is 0 Å². The minimum Gasteiger partial charge on any atom is -0.494 e. The van der Waals surface area contributed by atoms with Crippen molar-refractivity contribution in [3.8, 4) is 5.75 Å². The molecule has 0 spiro atoms. The molecule has 1 atom stereocenters. The minimum atomic E-state index is -0.506. The third-order valence-corrected chi connectivity index (χ3v) is 4.78. The molecule has 0 aromatic heterocycles. The molecule has 0 bridgehead atoms. The van der Waals surface area contributed by atoms with E-state index in [9.17, 15) is 14.9 Å². The second-order valence-electron chi connectivity index (χ2n) is 7.61. The van der Waals surface area contributed by atoms with Gasteiger partial charge in [-0.05, 0) is 29.0 Å². The van der Waals surface area contributed by atoms with Crippen LogP contribution in [0.2, 0.25) is 0 Å². The third kappa shape index (κ3) is 6.02. The first-order valence-electron chi connectivity index (χ1n) is 9.68. The summed E-state index contributed by atoms with van der Waals surface area (Å²) in [4.78, 5) is 22.8. The van der Waals surface area contributed by atoms with Gasteiger partial charge in [-0.1, -0.05) is 52.0 Å². The summed E-state index contributed by atoms with van der Waals surface area (Å²) < 4.78 is 5.16. The Hall–Kier alpha value is -2.93. The van der Waals surface area contributed by atoms with Gasteiger partial charge in [0.15, 0.2) is 0 Å². The summed E-state index contributed by atoms with van der Waals surface area (Å²) in [7, 11) is 1.41. The van der Waals surface area contributed by atoms with Gasteiger partial charge in [-0.15, -0.1) is 0 Å². The Morgan fingerprint density at radius 1 is 1.07 bits per heavy atom. The van der Waals surface area contributed by atoms with Crippen molar-refractivity contribution >= 4 is 17.3 Å². The number of hydrogen-bond donors (Lipinski definition) is 2. The lowest BCUT2D eigenvalue weighted by molar-refractivity contribution is -0.384. The van der Waals surface area contributed by atoms with Crippen LogP contribution in [0.3, 0.4) is 0 Å². The number of nitro groups is 1. The Bertz CT molecular complexity index is 848. The molecule has 156 valence electrons. The zero-order valence-electron chi connectivity index (χ0n) is 17.6. The number of ether oxygens (including phenoxy) is 1. The lowest BCUT2D eigenvalue weighted by Crippen LogP contribution is -2.33. The van der Waals surface area contributed by atoms with Crippen molar-refractivity contribution in [1.29, 1.82) is 0 Å². The molecule has 0 aliphatic heterocycles. The maximum atomic E-state index is 12.4. The fourth-order valence-electron chi connectivity index (χ4n) is 3.12. The SMILES string of the molecule is COc1cc([N+](=O)[O-])ccc1NC(=O)CN[C@H](c1ccc(C(C)C)cc1)C(C)C. The topological polar surface area (TPSA) is 93.5 Å². The van der Waals surface area contributed by atoms with Gasteiger partial charge in [-0.25, -0.2) is 0 Å². The molecule has 0 aliphatic rings. The molecule has 0 saturated carbocycles. The molecule has 0 unspecified atom stereocenters. The second-order valence-corrected chi connectivity index (χ2v) is 7.61. The van der Waals surface area contributed by atoms with Crippen molar-refractivity contribution in [3.05, 3.63) is 63.7 Å². The Morgan fingerprint density at radius 2 is 1.69 bits per heavy atom. The number of nitrogens with zero attached hydrogens (tertiary/aromatic N) is 1. The van der Waals surface area contributed by atoms with Crippen molar-refractivity contribution in [2.24, 2.45) is 5.92 Å². The van der Waals surface area contributed by atoms with E-state index in [0.717, 1.165) is 5.56 Å². The molecular weight excluding hydrogens is 370 g/mol. The first-order valence-corrected chi connectivity index (χ1v) is 9.68. The van der Waals surface area contributed by atoms with Crippen LogP contribution >= 0.6 is 0 Å². The van der Waals surface area contributed by atoms with Gasteiger partial charge >= 0.3 is 0 Å². The van der Waals surface area contributed by atoms with Gasteiger partial charge in [-0.2, -0.15) is 0 Å². The number of carbonyl (C=O) groups is 1. The predicted molar refractivity (Wildman–Crippen MR) is 114 cm³/mol. The summed E-state index contributed by atoms with van der Waals surface area (Å²) in [5.74, 6) is 0.761. The van der Waals surface area contributed by atoms with Crippen LogP contribution in [0.15, 0.2) is 42.5 Å². The normalized spacial score (nSPS) is 12.1. The van der Waals surface area contributed by atoms with Gasteiger partial charge < -0.3 is 15.4 Å². The quantitative estimate of drug-likeness (QED) is 0.473. The minimum absolute atomic E-state index is 0.0284. The number of methoxy groups -OCH3 is 1. The number of nitro benzene ring substituents is 1. The number of benzene rings is 2. The maximum Gasteiger partial charge on any atom is 0.273 e. The van der Waals surface area contributed by atoms with E-state index in [4.69, 9.17) is 4.74 Å². The third-order valence-electron chi connectivity index (χ3n) is 4.78. The summed E-state index contributed by atoms with van der Waals surface area (Å²) in [6.07, 6.45) is 0. The number of amides is 1. The Kier molecular flexibility index (Phi) is 7.73. The highest BCUT2D eigenvalue weighted by Gasteiger charge is 2.18. The molecule has 0 aliphatic carbocycles. The Morgan fingerprint density at radius 3 is 2.21 bits per heavy atom. The monoisotopic (exact) mass is 399 g/mol. The maximum absolute atomic E-state index is 12.4. The van der Waals surface area contributed by atoms with Crippen molar-refractivity contribution in [1.82, 2.24) is 5.32 Å². The number of rotatable bonds is 9. The van der Waals surface area contributed by atoms with E-state index in [-0.39, 0.29) is 29.9 Å². The van der Waals surface area contributed by atoms with Crippen LogP contribution in [-0.2, 0) is 4.79 Å². The largest absolute Gasteiger partial charge is 0.494 e. The summed E-state index contributed by atoms with van der Waals surface area (Å²) in [5.41, 5.74) is 2.71. The highest BCUT2D eigenvalue weighted by Crippen LogP contribution is 2.29. The molecule has 7 nitrogen and oxygen atoms in total. The summed E-state index contributed by atoms with van der Waals surface area (Å²) in [5, 5.41) is 16.9. The van der Waals surface area contributed by atoms with Gasteiger partial charge in [0.1, 0.15) is 5.75 Å². The van der Waals surface area contributed by atoms with E-state index in [1.807, 2.05) is 0 Å². The van der Waals surface area contributed by atoms with E-state index in [2.05, 4.69) is 62.6 Å². The molecule has 0 saturated heterocycles. The Labute approximate surface area is 171 Å². The van der Waals surface area contributed by atoms with Gasteiger partial charge in [0.05, 0.1) is 30.3 Å². The van der Waals surface area contributed by atoms with Gasteiger partial charge in [0.2, 0.25) is 5.91 Å². The van der Waals surface area contributed by atoms with Crippen LogP contribution in [0.4, 0.5) is 11.4 Å². The molecule has 0 fully saturated rings. The highest BCUT2D eigenvalue weighted by atomic mass is 16.6. The number of nitrogens with one attached hydrogen (secondary N) is 2. The van der Waals surface area contributed by atoms with Crippen LogP contribution in [0.1, 0.15) is 50.8 Å². The number of non-ortho nitro benzene ring substituents is 1. The molecule has 2 aromatic rings. The molecule has 29 heavy (non-hydrogen) atoms. The van der Waals surface area contributed by atoms with Crippen LogP contribution in [0.5, 0.6) is 5.75 Å². The highest BCUT2D eigenvalue weighted by molar-refractivity contribution is 5.94. The van der Waals surface area contributed by atoms with Crippen LogP contribution in [0.25, 0.3) is 0 Å². The van der Waals surface area contributed by atoms with Crippen LogP contribution in [0, 0.1) is 16.0 Å². The van der Waals surface area contributed by atoms with E-state index in [0.29, 0.717) is 17.5 Å². The van der Waals surface area contributed by atoms with Gasteiger partial charge in [-0.3, -0.25) is 14.9 Å². The standard InChI is InChI=1S/C22H29N3O4/c1-14(2)16-6-8-17(9-7-16)22(15(3)4)23-13-21(26)24-19-11-10-18(25(27)28)12-20(19)29-5/h6-12,14-15,22-23H,13H2,1-5H3,(H,24,26)/t22-/m0/s1. The van der Waals surface area contributed by atoms with Crippen LogP contribution in [-0.4, -0.2) is 24.5 Å². The zero-order chi connectivity index (χ0) is 21.6.